The lowest BCUT2D eigenvalue weighted by Crippen LogP contribution is -2.33. The topological polar surface area (TPSA) is 57.5 Å². The molecule has 4 heteroatoms. The highest BCUT2D eigenvalue weighted by molar-refractivity contribution is 14.1. The van der Waals surface area contributed by atoms with Crippen molar-refractivity contribution in [1.29, 1.82) is 0 Å². The third-order valence-corrected chi connectivity index (χ3v) is 3.67. The Bertz CT molecular complexity index is 403. The Balaban J connectivity index is 3.03. The second kappa shape index (κ2) is 5.82. The van der Waals surface area contributed by atoms with E-state index in [0.717, 1.165) is 9.13 Å². The highest BCUT2D eigenvalue weighted by Gasteiger charge is 2.35. The third kappa shape index (κ3) is 3.67. The average Bonchev–Trinajstić information content (AvgIpc) is 2.25. The van der Waals surface area contributed by atoms with Crippen LogP contribution in [-0.4, -0.2) is 22.3 Å². The number of benzene rings is 1. The molecule has 0 aliphatic heterocycles. The molecule has 1 aromatic carbocycles. The largest absolute Gasteiger partial charge is 0.481 e. The zero-order valence-electron chi connectivity index (χ0n) is 9.98. The van der Waals surface area contributed by atoms with Crippen LogP contribution in [0, 0.1) is 3.57 Å². The Morgan fingerprint density at radius 1 is 1.53 bits per heavy atom. The first-order chi connectivity index (χ1) is 7.86. The van der Waals surface area contributed by atoms with E-state index in [1.54, 1.807) is 13.8 Å². The summed E-state index contributed by atoms with van der Waals surface area (Å²) in [5.41, 5.74) is -0.143. The van der Waals surface area contributed by atoms with Gasteiger partial charge in [-0.2, -0.15) is 0 Å². The molecule has 0 spiro atoms. The first-order valence-electron chi connectivity index (χ1n) is 5.54. The molecule has 0 fully saturated rings. The SMILES string of the molecule is CC(O)CCC(C)(C(=O)O)c1cccc(I)c1. The van der Waals surface area contributed by atoms with Crippen molar-refractivity contribution in [3.63, 3.8) is 0 Å². The molecule has 1 aromatic rings. The second-order valence-corrected chi connectivity index (χ2v) is 5.78. The minimum Gasteiger partial charge on any atom is -0.481 e. The molecule has 0 amide bonds. The molecular weight excluding hydrogens is 331 g/mol. The molecule has 94 valence electrons. The van der Waals surface area contributed by atoms with Crippen molar-refractivity contribution in [3.8, 4) is 0 Å². The fourth-order valence-electron chi connectivity index (χ4n) is 1.70. The van der Waals surface area contributed by atoms with Gasteiger partial charge in [0.1, 0.15) is 0 Å². The maximum atomic E-state index is 11.5. The molecule has 0 heterocycles. The molecule has 2 N–H and O–H groups in total. The third-order valence-electron chi connectivity index (χ3n) is 3.00. The Morgan fingerprint density at radius 3 is 2.65 bits per heavy atom. The summed E-state index contributed by atoms with van der Waals surface area (Å²) < 4.78 is 1.02. The molecule has 0 radical (unpaired) electrons. The van der Waals surface area contributed by atoms with Crippen LogP contribution in [0.3, 0.4) is 0 Å². The van der Waals surface area contributed by atoms with Gasteiger partial charge in [0, 0.05) is 3.57 Å². The lowest BCUT2D eigenvalue weighted by atomic mass is 9.78. The molecule has 0 saturated carbocycles. The van der Waals surface area contributed by atoms with Gasteiger partial charge in [-0.25, -0.2) is 0 Å². The molecule has 0 aliphatic carbocycles. The van der Waals surface area contributed by atoms with Crippen LogP contribution in [0.4, 0.5) is 0 Å². The number of halogens is 1. The van der Waals surface area contributed by atoms with Gasteiger partial charge in [0.25, 0.3) is 0 Å². The fourth-order valence-corrected chi connectivity index (χ4v) is 2.25. The van der Waals surface area contributed by atoms with Gasteiger partial charge >= 0.3 is 5.97 Å². The maximum absolute atomic E-state index is 11.5. The van der Waals surface area contributed by atoms with Gasteiger partial charge < -0.3 is 10.2 Å². The summed E-state index contributed by atoms with van der Waals surface area (Å²) in [5, 5.41) is 18.7. The second-order valence-electron chi connectivity index (χ2n) is 4.54. The van der Waals surface area contributed by atoms with E-state index in [4.69, 9.17) is 0 Å². The number of aliphatic hydroxyl groups is 1. The van der Waals surface area contributed by atoms with Crippen molar-refractivity contribution in [2.75, 3.05) is 0 Å². The van der Waals surface area contributed by atoms with E-state index in [1.165, 1.54) is 0 Å². The maximum Gasteiger partial charge on any atom is 0.313 e. The number of carbonyl (C=O) groups is 1. The Hall–Kier alpha value is -0.620. The van der Waals surface area contributed by atoms with Crippen LogP contribution >= 0.6 is 22.6 Å². The summed E-state index contributed by atoms with van der Waals surface area (Å²) in [6, 6.07) is 7.51. The normalized spacial score (nSPS) is 16.2. The smallest absolute Gasteiger partial charge is 0.313 e. The van der Waals surface area contributed by atoms with Crippen LogP contribution in [0.2, 0.25) is 0 Å². The molecule has 0 aromatic heterocycles. The van der Waals surface area contributed by atoms with Crippen LogP contribution < -0.4 is 0 Å². The zero-order chi connectivity index (χ0) is 13.1. The number of carboxylic acids is 1. The van der Waals surface area contributed by atoms with Crippen molar-refractivity contribution >= 4 is 28.6 Å². The van der Waals surface area contributed by atoms with Gasteiger partial charge in [0.2, 0.25) is 0 Å². The predicted octanol–water partition coefficient (Wildman–Crippen LogP) is 2.79. The number of aliphatic hydroxyl groups excluding tert-OH is 1. The molecule has 2 unspecified atom stereocenters. The van der Waals surface area contributed by atoms with Crippen LogP contribution in [0.25, 0.3) is 0 Å². The van der Waals surface area contributed by atoms with Gasteiger partial charge in [0.15, 0.2) is 0 Å². The number of hydrogen-bond donors (Lipinski definition) is 2. The van der Waals surface area contributed by atoms with E-state index in [0.29, 0.717) is 12.8 Å². The average molecular weight is 348 g/mol. The molecule has 0 saturated heterocycles. The summed E-state index contributed by atoms with van der Waals surface area (Å²) in [5.74, 6) is -0.847. The number of hydrogen-bond acceptors (Lipinski definition) is 2. The van der Waals surface area contributed by atoms with E-state index in [-0.39, 0.29) is 0 Å². The van der Waals surface area contributed by atoms with E-state index >= 15 is 0 Å². The highest BCUT2D eigenvalue weighted by atomic mass is 127. The van der Waals surface area contributed by atoms with Gasteiger partial charge in [-0.05, 0) is 67.0 Å². The van der Waals surface area contributed by atoms with Crippen molar-refractivity contribution in [2.24, 2.45) is 0 Å². The van der Waals surface area contributed by atoms with Crippen LogP contribution in [0.15, 0.2) is 24.3 Å². The van der Waals surface area contributed by atoms with Crippen molar-refractivity contribution in [1.82, 2.24) is 0 Å². The first-order valence-corrected chi connectivity index (χ1v) is 6.61. The summed E-state index contributed by atoms with van der Waals surface area (Å²) >= 11 is 2.17. The molecule has 2 atom stereocenters. The van der Waals surface area contributed by atoms with E-state index in [1.807, 2.05) is 24.3 Å². The Kier molecular flexibility index (Phi) is 4.94. The van der Waals surface area contributed by atoms with Crippen LogP contribution in [-0.2, 0) is 10.2 Å². The van der Waals surface area contributed by atoms with E-state index in [9.17, 15) is 15.0 Å². The van der Waals surface area contributed by atoms with Crippen LogP contribution in [0.5, 0.6) is 0 Å². The molecule has 1 rings (SSSR count). The van der Waals surface area contributed by atoms with E-state index < -0.39 is 17.5 Å². The molecule has 0 bridgehead atoms. The van der Waals surface area contributed by atoms with Crippen molar-refractivity contribution < 1.29 is 15.0 Å². The number of carboxylic acid groups (broad SMARTS) is 1. The van der Waals surface area contributed by atoms with Crippen molar-refractivity contribution in [3.05, 3.63) is 33.4 Å². The zero-order valence-corrected chi connectivity index (χ0v) is 12.1. The van der Waals surface area contributed by atoms with Gasteiger partial charge in [0.05, 0.1) is 11.5 Å². The van der Waals surface area contributed by atoms with Gasteiger partial charge in [-0.3, -0.25) is 4.79 Å². The molecule has 0 aliphatic rings. The van der Waals surface area contributed by atoms with Gasteiger partial charge in [-0.1, -0.05) is 12.1 Å². The quantitative estimate of drug-likeness (QED) is 0.805. The fraction of sp³-hybridized carbons (Fsp3) is 0.462. The summed E-state index contributed by atoms with van der Waals surface area (Å²) in [7, 11) is 0. The first kappa shape index (κ1) is 14.4. The van der Waals surface area contributed by atoms with Crippen molar-refractivity contribution in [2.45, 2.75) is 38.2 Å². The number of rotatable bonds is 5. The summed E-state index contributed by atoms with van der Waals surface area (Å²) in [6.07, 6.45) is 0.436. The lowest BCUT2D eigenvalue weighted by molar-refractivity contribution is -0.143. The Labute approximate surface area is 115 Å². The minimum absolute atomic E-state index is 0.431. The molecular formula is C13H17IO3. The number of aliphatic carboxylic acids is 1. The summed E-state index contributed by atoms with van der Waals surface area (Å²) in [6.45, 7) is 3.39. The standard InChI is InChI=1S/C13H17IO3/c1-9(15)6-7-13(2,12(16)17)10-4-3-5-11(14)8-10/h3-5,8-9,15H,6-7H2,1-2H3,(H,16,17). The highest BCUT2D eigenvalue weighted by Crippen LogP contribution is 2.31. The summed E-state index contributed by atoms with van der Waals surface area (Å²) in [4.78, 5) is 11.5. The Morgan fingerprint density at radius 2 is 2.18 bits per heavy atom. The predicted molar refractivity (Wildman–Crippen MR) is 75.1 cm³/mol. The molecule has 3 nitrogen and oxygen atoms in total. The molecule has 17 heavy (non-hydrogen) atoms. The van der Waals surface area contributed by atoms with Crippen LogP contribution in [0.1, 0.15) is 32.3 Å². The monoisotopic (exact) mass is 348 g/mol. The van der Waals surface area contributed by atoms with E-state index in [2.05, 4.69) is 22.6 Å². The van der Waals surface area contributed by atoms with Gasteiger partial charge in [-0.15, -0.1) is 0 Å². The lowest BCUT2D eigenvalue weighted by Gasteiger charge is -2.26. The minimum atomic E-state index is -0.932.